The highest BCUT2D eigenvalue weighted by Crippen LogP contribution is 2.10. The minimum Gasteiger partial charge on any atom is -0.467 e. The molecule has 0 bridgehead atoms. The van der Waals surface area contributed by atoms with Crippen LogP contribution in [-0.2, 0) is 11.3 Å². The molecule has 0 saturated carbocycles. The van der Waals surface area contributed by atoms with Crippen molar-refractivity contribution in [2.45, 2.75) is 6.92 Å². The molecule has 1 aromatic rings. The van der Waals surface area contributed by atoms with Crippen LogP contribution in [0.1, 0.15) is 5.69 Å². The van der Waals surface area contributed by atoms with Crippen LogP contribution in [0, 0.1) is 6.92 Å². The van der Waals surface area contributed by atoms with Gasteiger partial charge in [0, 0.05) is 11.8 Å². The average molecular weight is 203 g/mol. The SMILES string of the molecule is COc1nc(C)cc(NS(=O)O)n1. The summed E-state index contributed by atoms with van der Waals surface area (Å²) in [5, 5.41) is 0. The Morgan fingerprint density at radius 3 is 2.85 bits per heavy atom. The van der Waals surface area contributed by atoms with Crippen molar-refractivity contribution in [3.05, 3.63) is 11.8 Å². The van der Waals surface area contributed by atoms with Crippen LogP contribution in [0.25, 0.3) is 0 Å². The smallest absolute Gasteiger partial charge is 0.318 e. The van der Waals surface area contributed by atoms with E-state index in [4.69, 9.17) is 9.29 Å². The molecule has 1 aromatic heterocycles. The quantitative estimate of drug-likeness (QED) is 0.692. The van der Waals surface area contributed by atoms with Crippen LogP contribution in [0.3, 0.4) is 0 Å². The zero-order valence-corrected chi connectivity index (χ0v) is 7.96. The number of rotatable bonds is 3. The van der Waals surface area contributed by atoms with Gasteiger partial charge in [0.1, 0.15) is 5.82 Å². The Balaban J connectivity index is 2.94. The van der Waals surface area contributed by atoms with Crippen LogP contribution >= 0.6 is 0 Å². The first-order chi connectivity index (χ1) is 6.11. The Morgan fingerprint density at radius 1 is 1.62 bits per heavy atom. The fourth-order valence-electron chi connectivity index (χ4n) is 0.774. The Morgan fingerprint density at radius 2 is 2.31 bits per heavy atom. The Kier molecular flexibility index (Phi) is 3.15. The minimum absolute atomic E-state index is 0.160. The topological polar surface area (TPSA) is 84.3 Å². The molecule has 0 aliphatic heterocycles. The van der Waals surface area contributed by atoms with Gasteiger partial charge in [0.15, 0.2) is 0 Å². The molecule has 0 amide bonds. The van der Waals surface area contributed by atoms with Crippen LogP contribution in [0.15, 0.2) is 6.07 Å². The number of aromatic nitrogens is 2. The molecule has 0 aliphatic rings. The van der Waals surface area contributed by atoms with Crippen LogP contribution < -0.4 is 9.46 Å². The number of hydrogen-bond donors (Lipinski definition) is 2. The maximum absolute atomic E-state index is 10.4. The van der Waals surface area contributed by atoms with Crippen molar-refractivity contribution >= 4 is 17.1 Å². The number of aryl methyl sites for hydroxylation is 1. The molecular weight excluding hydrogens is 194 g/mol. The Hall–Kier alpha value is -1.21. The molecule has 0 spiro atoms. The molecule has 1 heterocycles. The Bertz CT molecular complexity index is 331. The van der Waals surface area contributed by atoms with Gasteiger partial charge < -0.3 is 4.74 Å². The predicted molar refractivity (Wildman–Crippen MR) is 47.7 cm³/mol. The molecular formula is C6H9N3O3S. The maximum atomic E-state index is 10.4. The van der Waals surface area contributed by atoms with E-state index in [2.05, 4.69) is 14.7 Å². The molecule has 13 heavy (non-hydrogen) atoms. The molecule has 0 aliphatic carbocycles. The fraction of sp³-hybridized carbons (Fsp3) is 0.333. The third kappa shape index (κ3) is 2.96. The van der Waals surface area contributed by atoms with Gasteiger partial charge in [-0.3, -0.25) is 9.27 Å². The molecule has 0 radical (unpaired) electrons. The van der Waals surface area contributed by atoms with Crippen molar-refractivity contribution < 1.29 is 13.5 Å². The van der Waals surface area contributed by atoms with Gasteiger partial charge in [-0.1, -0.05) is 0 Å². The van der Waals surface area contributed by atoms with E-state index in [1.54, 1.807) is 6.92 Å². The number of methoxy groups -OCH3 is 1. The fourth-order valence-corrected chi connectivity index (χ4v) is 1.06. The minimum atomic E-state index is -2.13. The summed E-state index contributed by atoms with van der Waals surface area (Å²) >= 11 is -2.13. The van der Waals surface area contributed by atoms with Crippen molar-refractivity contribution in [2.24, 2.45) is 0 Å². The summed E-state index contributed by atoms with van der Waals surface area (Å²) in [5.41, 5.74) is 0.653. The summed E-state index contributed by atoms with van der Waals surface area (Å²) in [6.07, 6.45) is 0. The molecule has 2 N–H and O–H groups in total. The maximum Gasteiger partial charge on any atom is 0.318 e. The number of anilines is 1. The summed E-state index contributed by atoms with van der Waals surface area (Å²) in [5.74, 6) is 0.255. The van der Waals surface area contributed by atoms with Crippen molar-refractivity contribution in [3.63, 3.8) is 0 Å². The van der Waals surface area contributed by atoms with Crippen molar-refractivity contribution in [1.82, 2.24) is 9.97 Å². The molecule has 7 heteroatoms. The second kappa shape index (κ2) is 4.15. The first-order valence-electron chi connectivity index (χ1n) is 3.39. The van der Waals surface area contributed by atoms with Crippen LogP contribution in [0.5, 0.6) is 6.01 Å². The van der Waals surface area contributed by atoms with Crippen LogP contribution in [0.4, 0.5) is 5.82 Å². The highest BCUT2D eigenvalue weighted by atomic mass is 32.2. The third-order valence-electron chi connectivity index (χ3n) is 1.21. The number of nitrogens with zero attached hydrogens (tertiary/aromatic N) is 2. The van der Waals surface area contributed by atoms with E-state index >= 15 is 0 Å². The summed E-state index contributed by atoms with van der Waals surface area (Å²) < 4.78 is 25.9. The van der Waals surface area contributed by atoms with E-state index in [9.17, 15) is 4.21 Å². The predicted octanol–water partition coefficient (Wildman–Crippen LogP) is 0.342. The van der Waals surface area contributed by atoms with Gasteiger partial charge in [-0.05, 0) is 6.92 Å². The van der Waals surface area contributed by atoms with E-state index in [-0.39, 0.29) is 11.8 Å². The van der Waals surface area contributed by atoms with Crippen molar-refractivity contribution in [3.8, 4) is 6.01 Å². The molecule has 0 aromatic carbocycles. The highest BCUT2D eigenvalue weighted by molar-refractivity contribution is 7.80. The van der Waals surface area contributed by atoms with Gasteiger partial charge in [0.2, 0.25) is 0 Å². The van der Waals surface area contributed by atoms with Gasteiger partial charge in [0.05, 0.1) is 7.11 Å². The van der Waals surface area contributed by atoms with Crippen molar-refractivity contribution in [2.75, 3.05) is 11.8 Å². The number of ether oxygens (including phenoxy) is 1. The lowest BCUT2D eigenvalue weighted by Crippen LogP contribution is -2.05. The van der Waals surface area contributed by atoms with E-state index < -0.39 is 11.3 Å². The average Bonchev–Trinajstić information content (AvgIpc) is 2.01. The summed E-state index contributed by atoms with van der Waals surface area (Å²) in [6, 6.07) is 1.70. The molecule has 6 nitrogen and oxygen atoms in total. The first-order valence-corrected chi connectivity index (χ1v) is 4.49. The van der Waals surface area contributed by atoms with E-state index in [1.165, 1.54) is 13.2 Å². The van der Waals surface area contributed by atoms with Gasteiger partial charge in [-0.25, -0.2) is 9.19 Å². The van der Waals surface area contributed by atoms with Crippen molar-refractivity contribution in [1.29, 1.82) is 0 Å². The molecule has 1 rings (SSSR count). The monoisotopic (exact) mass is 203 g/mol. The van der Waals surface area contributed by atoms with Gasteiger partial charge in [0.25, 0.3) is 11.3 Å². The second-order valence-electron chi connectivity index (χ2n) is 2.23. The zero-order chi connectivity index (χ0) is 9.84. The van der Waals surface area contributed by atoms with Crippen LogP contribution in [-0.4, -0.2) is 25.8 Å². The number of hydrogen-bond acceptors (Lipinski definition) is 4. The normalized spacial score (nSPS) is 12.2. The standard InChI is InChI=1S/C6H9N3O3S/c1-4-3-5(9-13(10)11)8-6(7-4)12-2/h3H,1-2H3,(H,10,11)(H,7,8,9). The van der Waals surface area contributed by atoms with E-state index in [0.29, 0.717) is 5.69 Å². The molecule has 1 atom stereocenters. The number of nitrogens with one attached hydrogen (secondary N) is 1. The highest BCUT2D eigenvalue weighted by Gasteiger charge is 2.02. The van der Waals surface area contributed by atoms with Gasteiger partial charge >= 0.3 is 6.01 Å². The Labute approximate surface area is 77.8 Å². The largest absolute Gasteiger partial charge is 0.467 e. The first kappa shape index (κ1) is 9.87. The van der Waals surface area contributed by atoms with Crippen LogP contribution in [0.2, 0.25) is 0 Å². The summed E-state index contributed by atoms with van der Waals surface area (Å²) in [4.78, 5) is 7.70. The molecule has 0 saturated heterocycles. The lowest BCUT2D eigenvalue weighted by atomic mass is 10.4. The molecule has 72 valence electrons. The lowest BCUT2D eigenvalue weighted by molar-refractivity contribution is 0.379. The van der Waals surface area contributed by atoms with E-state index in [0.717, 1.165) is 0 Å². The van der Waals surface area contributed by atoms with E-state index in [1.807, 2.05) is 0 Å². The van der Waals surface area contributed by atoms with Gasteiger partial charge in [-0.15, -0.1) is 0 Å². The third-order valence-corrected chi connectivity index (χ3v) is 1.59. The van der Waals surface area contributed by atoms with Gasteiger partial charge in [-0.2, -0.15) is 4.98 Å². The summed E-state index contributed by atoms with van der Waals surface area (Å²) in [6.45, 7) is 1.73. The lowest BCUT2D eigenvalue weighted by Gasteiger charge is -2.03. The second-order valence-corrected chi connectivity index (χ2v) is 2.93. The summed E-state index contributed by atoms with van der Waals surface area (Å²) in [7, 11) is 1.43. The zero-order valence-electron chi connectivity index (χ0n) is 7.14. The molecule has 0 fully saturated rings. The molecule has 1 unspecified atom stereocenters.